The molecule has 0 heterocycles. The van der Waals surface area contributed by atoms with Crippen LogP contribution in [0.4, 0.5) is 0 Å². The average Bonchev–Trinajstić information content (AvgIpc) is 2.41. The zero-order valence-electron chi connectivity index (χ0n) is 11.9. The highest BCUT2D eigenvalue weighted by molar-refractivity contribution is 6.30. The van der Waals surface area contributed by atoms with Gasteiger partial charge in [0.2, 0.25) is 0 Å². The van der Waals surface area contributed by atoms with Gasteiger partial charge >= 0.3 is 0 Å². The van der Waals surface area contributed by atoms with Crippen LogP contribution in [0.5, 0.6) is 5.75 Å². The summed E-state index contributed by atoms with van der Waals surface area (Å²) in [6, 6.07) is 6.46. The molecular weight excluding hydrogens is 258 g/mol. The van der Waals surface area contributed by atoms with Gasteiger partial charge in [0.15, 0.2) is 0 Å². The monoisotopic (exact) mass is 281 g/mol. The van der Waals surface area contributed by atoms with Crippen LogP contribution in [-0.2, 0) is 0 Å². The molecule has 1 saturated carbocycles. The predicted molar refractivity (Wildman–Crippen MR) is 81.2 cm³/mol. The molecule has 0 bridgehead atoms. The Labute approximate surface area is 121 Å². The molecule has 0 amide bonds. The van der Waals surface area contributed by atoms with Crippen LogP contribution in [0.15, 0.2) is 18.2 Å². The van der Waals surface area contributed by atoms with Crippen LogP contribution in [0.1, 0.15) is 44.6 Å². The minimum Gasteiger partial charge on any atom is -0.489 e. The Bertz CT molecular complexity index is 402. The molecule has 1 atom stereocenters. The van der Waals surface area contributed by atoms with Gasteiger partial charge in [-0.15, -0.1) is 0 Å². The molecule has 0 radical (unpaired) electrons. The van der Waals surface area contributed by atoms with E-state index in [9.17, 15) is 0 Å². The lowest BCUT2D eigenvalue weighted by atomic mass is 9.95. The smallest absolute Gasteiger partial charge is 0.122 e. The lowest BCUT2D eigenvalue weighted by Gasteiger charge is -2.25. The Balaban J connectivity index is 1.78. The topological polar surface area (TPSA) is 21.3 Å². The molecule has 1 fully saturated rings. The average molecular weight is 282 g/mol. The van der Waals surface area contributed by atoms with Gasteiger partial charge in [0.1, 0.15) is 11.9 Å². The molecular formula is C16H24ClNO. The highest BCUT2D eigenvalue weighted by Gasteiger charge is 2.14. The van der Waals surface area contributed by atoms with Crippen molar-refractivity contribution in [3.63, 3.8) is 0 Å². The fraction of sp³-hybridized carbons (Fsp3) is 0.625. The first-order valence-electron chi connectivity index (χ1n) is 7.31. The third kappa shape index (κ3) is 4.70. The van der Waals surface area contributed by atoms with Crippen LogP contribution in [0.2, 0.25) is 5.02 Å². The van der Waals surface area contributed by atoms with E-state index < -0.39 is 0 Å². The van der Waals surface area contributed by atoms with E-state index in [0.717, 1.165) is 22.9 Å². The van der Waals surface area contributed by atoms with E-state index in [1.54, 1.807) is 0 Å². The minimum atomic E-state index is 0.182. The normalized spacial score (nSPS) is 18.3. The molecule has 1 aliphatic carbocycles. The first kappa shape index (κ1) is 14.7. The van der Waals surface area contributed by atoms with Crippen molar-refractivity contribution in [3.05, 3.63) is 28.8 Å². The van der Waals surface area contributed by atoms with E-state index >= 15 is 0 Å². The fourth-order valence-electron chi connectivity index (χ4n) is 2.64. The summed E-state index contributed by atoms with van der Waals surface area (Å²) in [5, 5.41) is 4.38. The Hall–Kier alpha value is -0.730. The van der Waals surface area contributed by atoms with E-state index in [1.807, 2.05) is 25.1 Å². The molecule has 1 aromatic carbocycles. The summed E-state index contributed by atoms with van der Waals surface area (Å²) in [7, 11) is 0. The second-order valence-corrected chi connectivity index (χ2v) is 6.02. The van der Waals surface area contributed by atoms with Crippen molar-refractivity contribution in [2.45, 2.75) is 58.1 Å². The summed E-state index contributed by atoms with van der Waals surface area (Å²) in [4.78, 5) is 0. The zero-order valence-corrected chi connectivity index (χ0v) is 12.7. The maximum Gasteiger partial charge on any atom is 0.122 e. The molecule has 1 unspecified atom stereocenters. The third-order valence-corrected chi connectivity index (χ3v) is 4.00. The zero-order chi connectivity index (χ0) is 13.7. The molecule has 106 valence electrons. The van der Waals surface area contributed by atoms with Gasteiger partial charge in [0, 0.05) is 17.6 Å². The van der Waals surface area contributed by atoms with Gasteiger partial charge in [-0.25, -0.2) is 0 Å². The number of hydrogen-bond donors (Lipinski definition) is 1. The van der Waals surface area contributed by atoms with Crippen molar-refractivity contribution in [1.29, 1.82) is 0 Å². The molecule has 0 spiro atoms. The Morgan fingerprint density at radius 1 is 1.32 bits per heavy atom. The number of halogens is 1. The molecule has 0 aliphatic heterocycles. The predicted octanol–water partition coefficient (Wildman–Crippen LogP) is 4.34. The summed E-state index contributed by atoms with van der Waals surface area (Å²) < 4.78 is 5.97. The number of ether oxygens (including phenoxy) is 1. The largest absolute Gasteiger partial charge is 0.489 e. The van der Waals surface area contributed by atoms with Gasteiger partial charge in [-0.3, -0.25) is 0 Å². The van der Waals surface area contributed by atoms with Crippen LogP contribution < -0.4 is 10.1 Å². The van der Waals surface area contributed by atoms with Crippen LogP contribution in [0.3, 0.4) is 0 Å². The van der Waals surface area contributed by atoms with E-state index in [2.05, 4.69) is 12.2 Å². The molecule has 19 heavy (non-hydrogen) atoms. The Morgan fingerprint density at radius 3 is 2.74 bits per heavy atom. The maximum atomic E-state index is 5.97. The second-order valence-electron chi connectivity index (χ2n) is 5.58. The van der Waals surface area contributed by atoms with E-state index in [1.165, 1.54) is 32.1 Å². The molecule has 1 aliphatic rings. The quantitative estimate of drug-likeness (QED) is 0.867. The summed E-state index contributed by atoms with van der Waals surface area (Å²) in [5.41, 5.74) is 1.09. The Morgan fingerprint density at radius 2 is 2.05 bits per heavy atom. The van der Waals surface area contributed by atoms with Gasteiger partial charge in [-0.1, -0.05) is 30.9 Å². The number of aryl methyl sites for hydroxylation is 1. The molecule has 3 heteroatoms. The summed E-state index contributed by atoms with van der Waals surface area (Å²) >= 11 is 5.95. The van der Waals surface area contributed by atoms with Crippen molar-refractivity contribution in [3.8, 4) is 5.75 Å². The molecule has 1 N–H and O–H groups in total. The summed E-state index contributed by atoms with van der Waals surface area (Å²) in [6.45, 7) is 5.05. The van der Waals surface area contributed by atoms with Crippen molar-refractivity contribution < 1.29 is 4.74 Å². The van der Waals surface area contributed by atoms with Gasteiger partial charge < -0.3 is 10.1 Å². The molecule has 2 nitrogen and oxygen atoms in total. The van der Waals surface area contributed by atoms with Gasteiger partial charge in [-0.05, 0) is 50.5 Å². The van der Waals surface area contributed by atoms with E-state index in [4.69, 9.17) is 16.3 Å². The molecule has 1 aromatic rings. The fourth-order valence-corrected chi connectivity index (χ4v) is 2.87. The van der Waals surface area contributed by atoms with Crippen molar-refractivity contribution >= 4 is 11.6 Å². The van der Waals surface area contributed by atoms with Crippen LogP contribution in [0, 0.1) is 6.92 Å². The lowest BCUT2D eigenvalue weighted by Crippen LogP contribution is -2.37. The molecule has 0 saturated heterocycles. The van der Waals surface area contributed by atoms with Crippen LogP contribution >= 0.6 is 11.6 Å². The van der Waals surface area contributed by atoms with Gasteiger partial charge in [0.05, 0.1) is 0 Å². The van der Waals surface area contributed by atoms with Crippen LogP contribution in [0.25, 0.3) is 0 Å². The maximum absolute atomic E-state index is 5.97. The number of nitrogens with one attached hydrogen (secondary N) is 1. The van der Waals surface area contributed by atoms with E-state index in [0.29, 0.717) is 6.04 Å². The van der Waals surface area contributed by atoms with Crippen LogP contribution in [-0.4, -0.2) is 18.7 Å². The van der Waals surface area contributed by atoms with Crippen molar-refractivity contribution in [2.24, 2.45) is 0 Å². The first-order chi connectivity index (χ1) is 9.15. The highest BCUT2D eigenvalue weighted by atomic mass is 35.5. The number of rotatable bonds is 5. The first-order valence-corrected chi connectivity index (χ1v) is 7.69. The van der Waals surface area contributed by atoms with Crippen molar-refractivity contribution in [2.75, 3.05) is 6.54 Å². The Kier molecular flexibility index (Phi) is 5.53. The lowest BCUT2D eigenvalue weighted by molar-refractivity contribution is 0.204. The molecule has 0 aromatic heterocycles. The van der Waals surface area contributed by atoms with Crippen molar-refractivity contribution in [1.82, 2.24) is 5.32 Å². The van der Waals surface area contributed by atoms with E-state index in [-0.39, 0.29) is 6.10 Å². The highest BCUT2D eigenvalue weighted by Crippen LogP contribution is 2.23. The minimum absolute atomic E-state index is 0.182. The summed E-state index contributed by atoms with van der Waals surface area (Å²) in [5.74, 6) is 0.933. The van der Waals surface area contributed by atoms with Gasteiger partial charge in [0.25, 0.3) is 0 Å². The third-order valence-electron chi connectivity index (χ3n) is 3.76. The standard InChI is InChI=1S/C16H24ClNO/c1-12-10-14(17)8-9-16(12)19-13(2)11-18-15-6-4-3-5-7-15/h8-10,13,15,18H,3-7,11H2,1-2H3. The van der Waals surface area contributed by atoms with Gasteiger partial charge in [-0.2, -0.15) is 0 Å². The molecule has 2 rings (SSSR count). The number of hydrogen-bond acceptors (Lipinski definition) is 2. The number of benzene rings is 1. The SMILES string of the molecule is Cc1cc(Cl)ccc1OC(C)CNC1CCCCC1. The second kappa shape index (κ2) is 7.16. The summed E-state index contributed by atoms with van der Waals surface area (Å²) in [6.07, 6.45) is 6.93.